The number of alkyl halides is 3. The van der Waals surface area contributed by atoms with Crippen molar-refractivity contribution in [2.45, 2.75) is 50.2 Å². The molecule has 1 aromatic heterocycles. The lowest BCUT2D eigenvalue weighted by Gasteiger charge is -2.40. The zero-order chi connectivity index (χ0) is 18.6. The summed E-state index contributed by atoms with van der Waals surface area (Å²) < 4.78 is 61.0. The van der Waals surface area contributed by atoms with E-state index in [0.717, 1.165) is 63.2 Å². The number of hydrogen-bond donors (Lipinski definition) is 0. The highest BCUT2D eigenvalue weighted by molar-refractivity contribution is 7.92. The van der Waals surface area contributed by atoms with Crippen LogP contribution in [0.5, 0.6) is 0 Å². The van der Waals surface area contributed by atoms with E-state index in [-0.39, 0.29) is 11.3 Å². The Labute approximate surface area is 151 Å². The highest BCUT2D eigenvalue weighted by atomic mass is 32.2. The van der Waals surface area contributed by atoms with E-state index in [9.17, 15) is 21.6 Å². The highest BCUT2D eigenvalue weighted by Gasteiger charge is 2.52. The average Bonchev–Trinajstić information content (AvgIpc) is 2.98. The van der Waals surface area contributed by atoms with Crippen LogP contribution in [-0.4, -0.2) is 48.9 Å². The summed E-state index contributed by atoms with van der Waals surface area (Å²) >= 11 is 0. The Kier molecular flexibility index (Phi) is 4.34. The molecule has 3 heterocycles. The quantitative estimate of drug-likeness (QED) is 0.781. The van der Waals surface area contributed by atoms with Crippen molar-refractivity contribution >= 4 is 9.84 Å². The standard InChI is InChI=1S/C18H23F3N2O2S/c19-18(20,21)14-3-6-16(22-9-14)13-1-4-15(5-2-13)23-8-7-17(10-23)11-26(24,25)12-17/h3,6,9,13,15H,1-2,4-5,7-8,10-12H2/t13-,15-. The Morgan fingerprint density at radius 3 is 2.35 bits per heavy atom. The molecule has 4 rings (SSSR count). The summed E-state index contributed by atoms with van der Waals surface area (Å²) in [4.78, 5) is 6.49. The van der Waals surface area contributed by atoms with Gasteiger partial charge in [-0.05, 0) is 50.8 Å². The van der Waals surface area contributed by atoms with E-state index in [0.29, 0.717) is 17.5 Å². The molecule has 0 bridgehead atoms. The lowest BCUT2D eigenvalue weighted by molar-refractivity contribution is -0.137. The molecule has 4 nitrogen and oxygen atoms in total. The fraction of sp³-hybridized carbons (Fsp3) is 0.722. The van der Waals surface area contributed by atoms with Crippen LogP contribution in [-0.2, 0) is 16.0 Å². The lowest BCUT2D eigenvalue weighted by atomic mass is 9.83. The number of sulfone groups is 1. The average molecular weight is 388 g/mol. The molecule has 8 heteroatoms. The molecule has 0 radical (unpaired) electrons. The van der Waals surface area contributed by atoms with Gasteiger partial charge in [-0.2, -0.15) is 13.2 Å². The Morgan fingerprint density at radius 1 is 1.12 bits per heavy atom. The van der Waals surface area contributed by atoms with E-state index in [2.05, 4.69) is 9.88 Å². The van der Waals surface area contributed by atoms with Crippen LogP contribution in [0.3, 0.4) is 0 Å². The van der Waals surface area contributed by atoms with Crippen LogP contribution < -0.4 is 0 Å². The smallest absolute Gasteiger partial charge is 0.300 e. The number of likely N-dealkylation sites (tertiary alicyclic amines) is 1. The van der Waals surface area contributed by atoms with Gasteiger partial charge in [-0.15, -0.1) is 0 Å². The topological polar surface area (TPSA) is 50.3 Å². The lowest BCUT2D eigenvalue weighted by Crippen LogP contribution is -2.51. The summed E-state index contributed by atoms with van der Waals surface area (Å²) in [5.74, 6) is 0.886. The van der Waals surface area contributed by atoms with Crippen molar-refractivity contribution in [2.24, 2.45) is 5.41 Å². The maximum Gasteiger partial charge on any atom is 0.417 e. The minimum absolute atomic E-state index is 0.00926. The van der Waals surface area contributed by atoms with Crippen molar-refractivity contribution in [2.75, 3.05) is 24.6 Å². The first-order valence-corrected chi connectivity index (χ1v) is 11.0. The van der Waals surface area contributed by atoms with Gasteiger partial charge in [0.05, 0.1) is 17.1 Å². The van der Waals surface area contributed by atoms with Gasteiger partial charge >= 0.3 is 6.18 Å². The number of halogens is 3. The monoisotopic (exact) mass is 388 g/mol. The second kappa shape index (κ2) is 6.19. The van der Waals surface area contributed by atoms with Crippen LogP contribution in [0.2, 0.25) is 0 Å². The van der Waals surface area contributed by atoms with E-state index in [1.807, 2.05) is 0 Å². The van der Waals surface area contributed by atoms with Crippen molar-refractivity contribution in [1.29, 1.82) is 0 Å². The van der Waals surface area contributed by atoms with E-state index in [1.54, 1.807) is 0 Å². The summed E-state index contributed by atoms with van der Waals surface area (Å²) in [5, 5.41) is 0. The summed E-state index contributed by atoms with van der Waals surface area (Å²) in [6.45, 7) is 1.84. The fourth-order valence-corrected chi connectivity index (χ4v) is 7.21. The Hall–Kier alpha value is -1.15. The second-order valence-corrected chi connectivity index (χ2v) is 10.3. The van der Waals surface area contributed by atoms with E-state index >= 15 is 0 Å². The van der Waals surface area contributed by atoms with Gasteiger partial charge in [0.1, 0.15) is 0 Å². The number of pyridine rings is 1. The van der Waals surface area contributed by atoms with Gasteiger partial charge in [-0.25, -0.2) is 8.42 Å². The Bertz CT molecular complexity index is 757. The first kappa shape index (κ1) is 18.2. The molecule has 1 saturated carbocycles. The predicted octanol–water partition coefficient (Wildman–Crippen LogP) is 3.25. The van der Waals surface area contributed by atoms with Crippen LogP contribution in [0, 0.1) is 5.41 Å². The van der Waals surface area contributed by atoms with Gasteiger partial charge < -0.3 is 0 Å². The molecule has 0 N–H and O–H groups in total. The maximum atomic E-state index is 12.6. The van der Waals surface area contributed by atoms with Crippen LogP contribution in [0.1, 0.15) is 49.3 Å². The third-order valence-electron chi connectivity index (χ3n) is 6.27. The molecule has 1 spiro atoms. The zero-order valence-electron chi connectivity index (χ0n) is 14.5. The first-order chi connectivity index (χ1) is 12.2. The second-order valence-electron chi connectivity index (χ2n) is 8.23. The van der Waals surface area contributed by atoms with Gasteiger partial charge in [0.25, 0.3) is 0 Å². The Balaban J connectivity index is 1.32. The minimum atomic E-state index is -4.34. The molecule has 0 amide bonds. The molecular formula is C18H23F3N2O2S. The molecular weight excluding hydrogens is 365 g/mol. The summed E-state index contributed by atoms with van der Waals surface area (Å²) in [7, 11) is -2.80. The maximum absolute atomic E-state index is 12.6. The molecule has 3 aliphatic rings. The molecule has 3 fully saturated rings. The van der Waals surface area contributed by atoms with Gasteiger partial charge in [-0.3, -0.25) is 9.88 Å². The largest absolute Gasteiger partial charge is 0.417 e. The number of nitrogens with zero attached hydrogens (tertiary/aromatic N) is 2. The molecule has 144 valence electrons. The van der Waals surface area contributed by atoms with E-state index in [1.165, 1.54) is 6.07 Å². The van der Waals surface area contributed by atoms with Crippen molar-refractivity contribution < 1.29 is 21.6 Å². The number of hydrogen-bond acceptors (Lipinski definition) is 4. The van der Waals surface area contributed by atoms with Crippen molar-refractivity contribution in [1.82, 2.24) is 9.88 Å². The van der Waals surface area contributed by atoms with Gasteiger partial charge in [0, 0.05) is 35.8 Å². The van der Waals surface area contributed by atoms with E-state index < -0.39 is 21.6 Å². The highest BCUT2D eigenvalue weighted by Crippen LogP contribution is 2.44. The van der Waals surface area contributed by atoms with Crippen molar-refractivity contribution in [3.63, 3.8) is 0 Å². The van der Waals surface area contributed by atoms with E-state index in [4.69, 9.17) is 0 Å². The van der Waals surface area contributed by atoms with Crippen LogP contribution >= 0.6 is 0 Å². The third-order valence-corrected chi connectivity index (χ3v) is 8.37. The van der Waals surface area contributed by atoms with Crippen LogP contribution in [0.15, 0.2) is 18.3 Å². The van der Waals surface area contributed by atoms with Gasteiger partial charge in [0.15, 0.2) is 9.84 Å². The summed E-state index contributed by atoms with van der Waals surface area (Å²) in [6, 6.07) is 3.09. The normalized spacial score (nSPS) is 31.0. The van der Waals surface area contributed by atoms with Gasteiger partial charge in [-0.1, -0.05) is 0 Å². The fourth-order valence-electron chi connectivity index (χ4n) is 4.96. The van der Waals surface area contributed by atoms with Crippen LogP contribution in [0.25, 0.3) is 0 Å². The predicted molar refractivity (Wildman–Crippen MR) is 91.5 cm³/mol. The molecule has 1 aliphatic carbocycles. The van der Waals surface area contributed by atoms with Crippen molar-refractivity contribution in [3.05, 3.63) is 29.6 Å². The summed E-state index contributed by atoms with van der Waals surface area (Å²) in [5.41, 5.74) is 0.0391. The van der Waals surface area contributed by atoms with Crippen molar-refractivity contribution in [3.8, 4) is 0 Å². The zero-order valence-corrected chi connectivity index (χ0v) is 15.3. The molecule has 2 saturated heterocycles. The molecule has 0 unspecified atom stereocenters. The van der Waals surface area contributed by atoms with Crippen LogP contribution in [0.4, 0.5) is 13.2 Å². The molecule has 1 aromatic rings. The first-order valence-electron chi connectivity index (χ1n) is 9.14. The SMILES string of the molecule is O=S1(=O)CC2(CCN([C@H]3CC[C@H](c4ccc(C(F)(F)F)cn4)CC3)C2)C1. The number of aromatic nitrogens is 1. The third kappa shape index (κ3) is 3.50. The molecule has 2 aliphatic heterocycles. The Morgan fingerprint density at radius 2 is 1.81 bits per heavy atom. The molecule has 26 heavy (non-hydrogen) atoms. The molecule has 0 atom stereocenters. The summed E-state index contributed by atoms with van der Waals surface area (Å²) in [6.07, 6.45) is 1.39. The van der Waals surface area contributed by atoms with Gasteiger partial charge in [0.2, 0.25) is 0 Å². The number of rotatable bonds is 2. The molecule has 0 aromatic carbocycles. The minimum Gasteiger partial charge on any atom is -0.300 e.